The Hall–Kier alpha value is -4.72. The molecule has 1 amide bonds. The van der Waals surface area contributed by atoms with Crippen molar-refractivity contribution in [2.75, 3.05) is 16.3 Å². The molecule has 0 bridgehead atoms. The van der Waals surface area contributed by atoms with Gasteiger partial charge in [0.25, 0.3) is 5.91 Å². The molecule has 0 unspecified atom stereocenters. The fourth-order valence-corrected chi connectivity index (χ4v) is 5.11. The molecule has 0 aliphatic carbocycles. The smallest absolute Gasteiger partial charge is 0.255 e. The maximum Gasteiger partial charge on any atom is 0.255 e. The van der Waals surface area contributed by atoms with E-state index in [1.165, 1.54) is 36.4 Å². The second kappa shape index (κ2) is 11.2. The van der Waals surface area contributed by atoms with Crippen LogP contribution in [0.1, 0.15) is 15.9 Å². The molecular formula is C27H25N5O6S2. The highest BCUT2D eigenvalue weighted by atomic mass is 32.2. The summed E-state index contributed by atoms with van der Waals surface area (Å²) in [5, 5.41) is 15.7. The Morgan fingerprint density at radius 1 is 0.850 bits per heavy atom. The van der Waals surface area contributed by atoms with Crippen molar-refractivity contribution in [2.24, 2.45) is 10.9 Å². The van der Waals surface area contributed by atoms with Crippen molar-refractivity contribution in [3.63, 3.8) is 0 Å². The van der Waals surface area contributed by atoms with Crippen molar-refractivity contribution in [3.8, 4) is 22.6 Å². The third-order valence-corrected chi connectivity index (χ3v) is 7.13. The molecule has 40 heavy (non-hydrogen) atoms. The number of carbonyl (C=O) groups is 1. The van der Waals surface area contributed by atoms with E-state index in [4.69, 9.17) is 21.0 Å². The largest absolute Gasteiger partial charge is 0.455 e. The lowest BCUT2D eigenvalue weighted by Gasteiger charge is -2.15. The van der Waals surface area contributed by atoms with Crippen LogP contribution in [-0.4, -0.2) is 34.8 Å². The van der Waals surface area contributed by atoms with Crippen molar-refractivity contribution in [3.05, 3.63) is 102 Å². The molecule has 206 valence electrons. The SMILES string of the molecule is CS(=O)(=O)Nc1ccc(Oc2cccc(C(=N)N)c2)c(NC(=O)c2ccc(-c3ccccc3S(N)(=O)=O)cc2)c1. The number of rotatable bonds is 9. The number of carbonyl (C=O) groups excluding carboxylic acids is 1. The lowest BCUT2D eigenvalue weighted by atomic mass is 10.0. The summed E-state index contributed by atoms with van der Waals surface area (Å²) in [5.41, 5.74) is 7.51. The van der Waals surface area contributed by atoms with Crippen molar-refractivity contribution in [1.82, 2.24) is 0 Å². The standard InChI is InChI=1S/C27H25N5O6S2/c1-39(34,35)32-20-13-14-24(38-21-6-4-5-19(15-21)26(28)29)23(16-20)31-27(33)18-11-9-17(10-12-18)22-7-2-3-8-25(22)40(30,36)37/h2-16,32H,1H3,(H3,28,29)(H,31,33)(H2,30,36,37). The lowest BCUT2D eigenvalue weighted by molar-refractivity contribution is 0.102. The first-order chi connectivity index (χ1) is 18.8. The van der Waals surface area contributed by atoms with Gasteiger partial charge >= 0.3 is 0 Å². The topological polar surface area (TPSA) is 195 Å². The molecule has 0 fully saturated rings. The van der Waals surface area contributed by atoms with Crippen LogP contribution in [0.25, 0.3) is 11.1 Å². The van der Waals surface area contributed by atoms with Crippen LogP contribution < -0.4 is 25.6 Å². The van der Waals surface area contributed by atoms with Crippen LogP contribution in [0.2, 0.25) is 0 Å². The molecule has 0 spiro atoms. The van der Waals surface area contributed by atoms with Crippen molar-refractivity contribution in [2.45, 2.75) is 4.90 Å². The highest BCUT2D eigenvalue weighted by Gasteiger charge is 2.17. The van der Waals surface area contributed by atoms with Crippen LogP contribution >= 0.6 is 0 Å². The maximum atomic E-state index is 13.2. The van der Waals surface area contributed by atoms with E-state index >= 15 is 0 Å². The maximum absolute atomic E-state index is 13.2. The van der Waals surface area contributed by atoms with Gasteiger partial charge in [-0.05, 0) is 54.1 Å². The molecule has 0 saturated carbocycles. The highest BCUT2D eigenvalue weighted by molar-refractivity contribution is 7.92. The Kier molecular flexibility index (Phi) is 7.91. The summed E-state index contributed by atoms with van der Waals surface area (Å²) in [6, 6.07) is 23.3. The zero-order valence-corrected chi connectivity index (χ0v) is 22.7. The predicted molar refractivity (Wildman–Crippen MR) is 154 cm³/mol. The molecule has 13 heteroatoms. The van der Waals surface area contributed by atoms with Gasteiger partial charge in [-0.1, -0.05) is 42.5 Å². The van der Waals surface area contributed by atoms with Crippen LogP contribution in [0.5, 0.6) is 11.5 Å². The number of hydrogen-bond acceptors (Lipinski definition) is 7. The van der Waals surface area contributed by atoms with Crippen LogP contribution in [0, 0.1) is 5.41 Å². The molecular weight excluding hydrogens is 554 g/mol. The first-order valence-electron chi connectivity index (χ1n) is 11.6. The molecule has 0 atom stereocenters. The van der Waals surface area contributed by atoms with Crippen LogP contribution in [0.4, 0.5) is 11.4 Å². The van der Waals surface area contributed by atoms with Gasteiger partial charge in [-0.3, -0.25) is 14.9 Å². The quantitative estimate of drug-likeness (QED) is 0.147. The van der Waals surface area contributed by atoms with Gasteiger partial charge in [-0.2, -0.15) is 0 Å². The van der Waals surface area contributed by atoms with E-state index in [9.17, 15) is 21.6 Å². The molecule has 0 radical (unpaired) electrons. The number of amidine groups is 1. The molecule has 0 aromatic heterocycles. The minimum absolute atomic E-state index is 0.0435. The Labute approximate surface area is 231 Å². The fourth-order valence-electron chi connectivity index (χ4n) is 3.80. The third-order valence-electron chi connectivity index (χ3n) is 5.56. The van der Waals surface area contributed by atoms with Crippen molar-refractivity contribution in [1.29, 1.82) is 5.41 Å². The number of benzene rings is 4. The zero-order chi connectivity index (χ0) is 29.1. The van der Waals surface area contributed by atoms with Crippen molar-refractivity contribution < 1.29 is 26.4 Å². The molecule has 0 saturated heterocycles. The zero-order valence-electron chi connectivity index (χ0n) is 21.1. The summed E-state index contributed by atoms with van der Waals surface area (Å²) in [6.45, 7) is 0. The second-order valence-corrected chi connectivity index (χ2v) is 12.0. The summed E-state index contributed by atoms with van der Waals surface area (Å²) in [6.07, 6.45) is 0.999. The minimum Gasteiger partial charge on any atom is -0.455 e. The number of ether oxygens (including phenoxy) is 1. The van der Waals surface area contributed by atoms with Gasteiger partial charge in [-0.25, -0.2) is 22.0 Å². The molecule has 4 aromatic rings. The first kappa shape index (κ1) is 28.3. The number of nitrogens with one attached hydrogen (secondary N) is 3. The Bertz CT molecular complexity index is 1820. The molecule has 4 aromatic carbocycles. The summed E-state index contributed by atoms with van der Waals surface area (Å²) in [4.78, 5) is 13.1. The van der Waals surface area contributed by atoms with Crippen LogP contribution in [-0.2, 0) is 20.0 Å². The lowest BCUT2D eigenvalue weighted by Crippen LogP contribution is -2.14. The molecule has 0 heterocycles. The van der Waals surface area contributed by atoms with Crippen LogP contribution in [0.3, 0.4) is 0 Å². The average Bonchev–Trinajstić information content (AvgIpc) is 2.89. The van der Waals surface area contributed by atoms with Gasteiger partial charge in [0.1, 0.15) is 11.6 Å². The number of nitrogens with two attached hydrogens (primary N) is 2. The van der Waals surface area contributed by atoms with E-state index in [0.717, 1.165) is 6.26 Å². The Morgan fingerprint density at radius 3 is 2.20 bits per heavy atom. The van der Waals surface area contributed by atoms with Gasteiger partial charge in [0, 0.05) is 16.7 Å². The third kappa shape index (κ3) is 7.02. The number of anilines is 2. The highest BCUT2D eigenvalue weighted by Crippen LogP contribution is 2.33. The predicted octanol–water partition coefficient (Wildman–Crippen LogP) is 3.70. The summed E-state index contributed by atoms with van der Waals surface area (Å²) >= 11 is 0. The Balaban J connectivity index is 1.65. The molecule has 11 nitrogen and oxygen atoms in total. The number of amides is 1. The number of nitrogen functional groups attached to an aromatic ring is 1. The monoisotopic (exact) mass is 579 g/mol. The van der Waals surface area contributed by atoms with E-state index in [2.05, 4.69) is 10.0 Å². The van der Waals surface area contributed by atoms with Crippen LogP contribution in [0.15, 0.2) is 95.9 Å². The van der Waals surface area contributed by atoms with Gasteiger partial charge in [0.05, 0.1) is 22.5 Å². The van der Waals surface area contributed by atoms with E-state index < -0.39 is 26.0 Å². The summed E-state index contributed by atoms with van der Waals surface area (Å²) in [5.74, 6) is -0.149. The normalized spacial score (nSPS) is 11.4. The van der Waals surface area contributed by atoms with Gasteiger partial charge in [0.2, 0.25) is 20.0 Å². The second-order valence-electron chi connectivity index (χ2n) is 8.70. The minimum atomic E-state index is -3.96. The van der Waals surface area contributed by atoms with Gasteiger partial charge < -0.3 is 15.8 Å². The number of sulfonamides is 2. The van der Waals surface area contributed by atoms with Crippen molar-refractivity contribution >= 4 is 43.2 Å². The molecule has 0 aliphatic rings. The first-order valence-corrected chi connectivity index (χ1v) is 15.0. The van der Waals surface area contributed by atoms with E-state index in [1.54, 1.807) is 54.6 Å². The van der Waals surface area contributed by atoms with E-state index in [-0.39, 0.29) is 33.4 Å². The van der Waals surface area contributed by atoms with Gasteiger partial charge in [0.15, 0.2) is 5.75 Å². The molecule has 4 rings (SSSR count). The Morgan fingerprint density at radius 2 is 1.55 bits per heavy atom. The fraction of sp³-hybridized carbons (Fsp3) is 0.0370. The van der Waals surface area contributed by atoms with E-state index in [1.807, 2.05) is 0 Å². The number of hydrogen-bond donors (Lipinski definition) is 5. The average molecular weight is 580 g/mol. The summed E-state index contributed by atoms with van der Waals surface area (Å²) < 4.78 is 55.8. The summed E-state index contributed by atoms with van der Waals surface area (Å²) in [7, 11) is -7.56. The molecule has 0 aliphatic heterocycles. The molecule has 7 N–H and O–H groups in total. The van der Waals surface area contributed by atoms with E-state index in [0.29, 0.717) is 22.4 Å². The number of primary sulfonamides is 1. The van der Waals surface area contributed by atoms with Gasteiger partial charge in [-0.15, -0.1) is 0 Å².